The van der Waals surface area contributed by atoms with E-state index in [2.05, 4.69) is 31.5 Å². The van der Waals surface area contributed by atoms with Crippen LogP contribution >= 0.6 is 0 Å². The van der Waals surface area contributed by atoms with Crippen molar-refractivity contribution < 1.29 is 0 Å². The number of allylic oxidation sites excluding steroid dienone is 1. The summed E-state index contributed by atoms with van der Waals surface area (Å²) in [5, 5.41) is 0. The van der Waals surface area contributed by atoms with Crippen LogP contribution in [-0.2, 0) is 0 Å². The average molecular weight is 164 g/mol. The first-order chi connectivity index (χ1) is 5.61. The van der Waals surface area contributed by atoms with Gasteiger partial charge in [0.25, 0.3) is 0 Å². The van der Waals surface area contributed by atoms with Crippen molar-refractivity contribution in [1.29, 1.82) is 0 Å². The molecule has 0 bridgehead atoms. The van der Waals surface area contributed by atoms with E-state index in [1.54, 1.807) is 0 Å². The Morgan fingerprint density at radius 1 is 1.67 bits per heavy atom. The van der Waals surface area contributed by atoms with Gasteiger partial charge in [-0.1, -0.05) is 19.6 Å². The topological polar surface area (TPSA) is 38.4 Å². The zero-order valence-corrected chi connectivity index (χ0v) is 7.75. The van der Waals surface area contributed by atoms with E-state index in [1.807, 2.05) is 6.21 Å². The number of hydrogen-bond acceptors (Lipinski definition) is 2. The fourth-order valence-corrected chi connectivity index (χ4v) is 1.22. The second kappa shape index (κ2) is 3.57. The third-order valence-corrected chi connectivity index (χ3v) is 2.29. The highest BCUT2D eigenvalue weighted by Gasteiger charge is 2.12. The number of hydrogen-bond donors (Lipinski definition) is 1. The highest BCUT2D eigenvalue weighted by Crippen LogP contribution is 2.18. The molecule has 1 rings (SSSR count). The molecule has 2 heteroatoms. The zero-order chi connectivity index (χ0) is 9.14. The Hall–Kier alpha value is -1.05. The minimum absolute atomic E-state index is 0.363. The Bertz CT molecular complexity index is 238. The third-order valence-electron chi connectivity index (χ3n) is 2.29. The van der Waals surface area contributed by atoms with Crippen LogP contribution in [0.3, 0.4) is 0 Å². The monoisotopic (exact) mass is 164 g/mol. The van der Waals surface area contributed by atoms with Gasteiger partial charge in [0.1, 0.15) is 0 Å². The van der Waals surface area contributed by atoms with Crippen molar-refractivity contribution in [2.45, 2.75) is 26.3 Å². The second-order valence-electron chi connectivity index (χ2n) is 3.35. The molecule has 1 aliphatic rings. The fourth-order valence-electron chi connectivity index (χ4n) is 1.22. The number of nitrogens with two attached hydrogens (primary N) is 1. The summed E-state index contributed by atoms with van der Waals surface area (Å²) in [6, 6.07) is 0.363. The lowest BCUT2D eigenvalue weighted by Gasteiger charge is -2.10. The minimum atomic E-state index is 0.363. The molecular weight excluding hydrogens is 148 g/mol. The maximum Gasteiger partial charge on any atom is 0.0527 e. The van der Waals surface area contributed by atoms with E-state index >= 15 is 0 Å². The standard InChI is InChI=1S/C10H16N2/c1-7-6-10(8(2)11)4-5-12-9(7)3/h5-7,9H,2,4,11H2,1,3H3/t7?,9-/m0/s1. The molecule has 66 valence electrons. The molecule has 0 saturated heterocycles. The quantitative estimate of drug-likeness (QED) is 0.631. The SMILES string of the molecule is C=C(N)C1=CC(C)[C@H](C)N=CC1. The molecule has 2 nitrogen and oxygen atoms in total. The molecule has 0 aromatic rings. The predicted molar refractivity (Wildman–Crippen MR) is 53.1 cm³/mol. The Balaban J connectivity index is 2.84. The summed E-state index contributed by atoms with van der Waals surface area (Å²) < 4.78 is 0. The Morgan fingerprint density at radius 3 is 2.92 bits per heavy atom. The molecule has 0 fully saturated rings. The largest absolute Gasteiger partial charge is 0.399 e. The van der Waals surface area contributed by atoms with Gasteiger partial charge in [0, 0.05) is 18.3 Å². The molecule has 1 aliphatic heterocycles. The van der Waals surface area contributed by atoms with Crippen LogP contribution in [0, 0.1) is 5.92 Å². The maximum absolute atomic E-state index is 5.62. The van der Waals surface area contributed by atoms with Gasteiger partial charge in [-0.2, -0.15) is 0 Å². The molecule has 0 saturated carbocycles. The van der Waals surface area contributed by atoms with Gasteiger partial charge in [0.15, 0.2) is 0 Å². The van der Waals surface area contributed by atoms with Crippen LogP contribution < -0.4 is 5.73 Å². The van der Waals surface area contributed by atoms with Crippen LogP contribution in [-0.4, -0.2) is 12.3 Å². The molecule has 12 heavy (non-hydrogen) atoms. The Labute approximate surface area is 73.9 Å². The lowest BCUT2D eigenvalue weighted by atomic mass is 10.0. The van der Waals surface area contributed by atoms with E-state index < -0.39 is 0 Å². The van der Waals surface area contributed by atoms with Crippen molar-refractivity contribution in [3.8, 4) is 0 Å². The zero-order valence-electron chi connectivity index (χ0n) is 7.75. The highest BCUT2D eigenvalue weighted by atomic mass is 14.8. The lowest BCUT2D eigenvalue weighted by Crippen LogP contribution is -2.08. The molecule has 0 spiro atoms. The van der Waals surface area contributed by atoms with Gasteiger partial charge in [0.2, 0.25) is 0 Å². The molecule has 1 heterocycles. The summed E-state index contributed by atoms with van der Waals surface area (Å²) in [6.07, 6.45) is 4.92. The van der Waals surface area contributed by atoms with Gasteiger partial charge in [-0.25, -0.2) is 0 Å². The van der Waals surface area contributed by atoms with E-state index in [4.69, 9.17) is 5.73 Å². The molecule has 0 aliphatic carbocycles. The number of rotatable bonds is 1. The molecular formula is C10H16N2. The third kappa shape index (κ3) is 1.97. The van der Waals surface area contributed by atoms with Gasteiger partial charge in [-0.3, -0.25) is 4.99 Å². The molecule has 2 N–H and O–H groups in total. The average Bonchev–Trinajstić information content (AvgIpc) is 2.15. The van der Waals surface area contributed by atoms with Crippen LogP contribution in [0.1, 0.15) is 20.3 Å². The Kier molecular flexibility index (Phi) is 2.69. The maximum atomic E-state index is 5.62. The van der Waals surface area contributed by atoms with E-state index in [0.717, 1.165) is 12.0 Å². The van der Waals surface area contributed by atoms with Gasteiger partial charge in [-0.05, 0) is 18.4 Å². The summed E-state index contributed by atoms with van der Waals surface area (Å²) in [7, 11) is 0. The summed E-state index contributed by atoms with van der Waals surface area (Å²) in [6.45, 7) is 7.99. The lowest BCUT2D eigenvalue weighted by molar-refractivity contribution is 0.587. The van der Waals surface area contributed by atoms with Crippen LogP contribution in [0.15, 0.2) is 28.9 Å². The van der Waals surface area contributed by atoms with Gasteiger partial charge < -0.3 is 5.73 Å². The van der Waals surface area contributed by atoms with E-state index in [-0.39, 0.29) is 0 Å². The molecule has 0 aromatic heterocycles. The summed E-state index contributed by atoms with van der Waals surface area (Å²) >= 11 is 0. The summed E-state index contributed by atoms with van der Waals surface area (Å²) in [5.74, 6) is 0.457. The van der Waals surface area contributed by atoms with Gasteiger partial charge in [-0.15, -0.1) is 0 Å². The normalized spacial score (nSPS) is 29.3. The second-order valence-corrected chi connectivity index (χ2v) is 3.35. The van der Waals surface area contributed by atoms with Crippen LogP contribution in [0.25, 0.3) is 0 Å². The van der Waals surface area contributed by atoms with Crippen LogP contribution in [0.5, 0.6) is 0 Å². The van der Waals surface area contributed by atoms with Crippen LogP contribution in [0.2, 0.25) is 0 Å². The van der Waals surface area contributed by atoms with Crippen molar-refractivity contribution in [3.05, 3.63) is 23.9 Å². The smallest absolute Gasteiger partial charge is 0.0527 e. The predicted octanol–water partition coefficient (Wildman–Crippen LogP) is 1.88. The number of nitrogens with zero attached hydrogens (tertiary/aromatic N) is 1. The van der Waals surface area contributed by atoms with Crippen molar-refractivity contribution in [2.24, 2.45) is 16.6 Å². The number of aliphatic imine (C=N–C) groups is 1. The van der Waals surface area contributed by atoms with E-state index in [0.29, 0.717) is 17.7 Å². The van der Waals surface area contributed by atoms with Crippen molar-refractivity contribution >= 4 is 6.21 Å². The molecule has 1 unspecified atom stereocenters. The van der Waals surface area contributed by atoms with Gasteiger partial charge >= 0.3 is 0 Å². The molecule has 2 atom stereocenters. The first-order valence-electron chi connectivity index (χ1n) is 4.28. The molecule has 0 aromatic carbocycles. The molecule has 0 amide bonds. The van der Waals surface area contributed by atoms with Crippen molar-refractivity contribution in [2.75, 3.05) is 0 Å². The van der Waals surface area contributed by atoms with Crippen molar-refractivity contribution in [1.82, 2.24) is 0 Å². The Morgan fingerprint density at radius 2 is 2.33 bits per heavy atom. The first-order valence-corrected chi connectivity index (χ1v) is 4.28. The summed E-state index contributed by atoms with van der Waals surface area (Å²) in [5.41, 5.74) is 7.41. The summed E-state index contributed by atoms with van der Waals surface area (Å²) in [4.78, 5) is 4.36. The highest BCUT2D eigenvalue weighted by molar-refractivity contribution is 5.64. The van der Waals surface area contributed by atoms with Crippen molar-refractivity contribution in [3.63, 3.8) is 0 Å². The molecule has 0 radical (unpaired) electrons. The van der Waals surface area contributed by atoms with E-state index in [1.165, 1.54) is 0 Å². The minimum Gasteiger partial charge on any atom is -0.399 e. The fraction of sp³-hybridized carbons (Fsp3) is 0.500. The van der Waals surface area contributed by atoms with Gasteiger partial charge in [0.05, 0.1) is 6.04 Å². The van der Waals surface area contributed by atoms with E-state index in [9.17, 15) is 0 Å². The van der Waals surface area contributed by atoms with Crippen LogP contribution in [0.4, 0.5) is 0 Å². The first kappa shape index (κ1) is 9.04.